The van der Waals surface area contributed by atoms with E-state index < -0.39 is 0 Å². The van der Waals surface area contributed by atoms with Gasteiger partial charge < -0.3 is 10.1 Å². The summed E-state index contributed by atoms with van der Waals surface area (Å²) in [4.78, 5) is 24.4. The molecule has 0 atom stereocenters. The number of carbonyl (C=O) groups excluding carboxylic acids is 2. The third-order valence-corrected chi connectivity index (χ3v) is 6.25. The Bertz CT molecular complexity index is 629. The van der Waals surface area contributed by atoms with E-state index in [4.69, 9.17) is 4.74 Å². The Balaban J connectivity index is 1.24. The maximum Gasteiger partial charge on any atom is 0.310 e. The smallest absolute Gasteiger partial charge is 0.310 e. The molecule has 4 aliphatic rings. The minimum Gasteiger partial charge on any atom is -0.455 e. The molecule has 4 nitrogen and oxygen atoms in total. The molecule has 1 aromatic carbocycles. The predicted octanol–water partition coefficient (Wildman–Crippen LogP) is 3.06. The number of nitrogens with one attached hydrogen (secondary N) is 1. The Labute approximate surface area is 147 Å². The molecule has 0 radical (unpaired) electrons. The van der Waals surface area contributed by atoms with Crippen LogP contribution in [0.3, 0.4) is 0 Å². The van der Waals surface area contributed by atoms with Crippen molar-refractivity contribution in [1.29, 1.82) is 0 Å². The third-order valence-electron chi connectivity index (χ3n) is 6.25. The summed E-state index contributed by atoms with van der Waals surface area (Å²) in [5.41, 5.74) is 0.808. The highest BCUT2D eigenvalue weighted by Crippen LogP contribution is 2.56. The molecule has 25 heavy (non-hydrogen) atoms. The fraction of sp³-hybridized carbons (Fsp3) is 0.600. The van der Waals surface area contributed by atoms with Crippen molar-refractivity contribution in [2.75, 3.05) is 6.61 Å². The zero-order chi connectivity index (χ0) is 17.4. The van der Waals surface area contributed by atoms with Gasteiger partial charge in [-0.25, -0.2) is 4.39 Å². The average molecular weight is 345 g/mol. The summed E-state index contributed by atoms with van der Waals surface area (Å²) in [5.74, 6) is 1.73. The second-order valence-corrected chi connectivity index (χ2v) is 7.97. The standard InChI is InChI=1S/C20H24FNO3/c21-17-3-1-12(2-4-17)10-22-18(23)11-25-20(24)19-15-6-13-5-14(8-15)9-16(19)7-13/h1-4,13-16,19H,5-11H2,(H,22,23). The normalized spacial score (nSPS) is 32.4. The van der Waals surface area contributed by atoms with E-state index in [1.807, 2.05) is 0 Å². The number of carbonyl (C=O) groups is 2. The summed E-state index contributed by atoms with van der Waals surface area (Å²) < 4.78 is 18.2. The van der Waals surface area contributed by atoms with Crippen LogP contribution in [0.4, 0.5) is 4.39 Å². The van der Waals surface area contributed by atoms with E-state index in [1.165, 1.54) is 18.6 Å². The van der Waals surface area contributed by atoms with Gasteiger partial charge in [0.25, 0.3) is 5.91 Å². The molecule has 4 saturated carbocycles. The van der Waals surface area contributed by atoms with Crippen molar-refractivity contribution < 1.29 is 18.7 Å². The van der Waals surface area contributed by atoms with Crippen LogP contribution in [-0.4, -0.2) is 18.5 Å². The first kappa shape index (κ1) is 16.6. The molecular formula is C20H24FNO3. The van der Waals surface area contributed by atoms with E-state index in [0.29, 0.717) is 18.4 Å². The van der Waals surface area contributed by atoms with E-state index in [-0.39, 0.29) is 30.2 Å². The van der Waals surface area contributed by atoms with Crippen LogP contribution in [-0.2, 0) is 20.9 Å². The van der Waals surface area contributed by atoms with Crippen molar-refractivity contribution in [1.82, 2.24) is 5.32 Å². The van der Waals surface area contributed by atoms with Crippen LogP contribution in [0.15, 0.2) is 24.3 Å². The van der Waals surface area contributed by atoms with Crippen molar-refractivity contribution in [3.05, 3.63) is 35.6 Å². The van der Waals surface area contributed by atoms with Gasteiger partial charge in [0.2, 0.25) is 0 Å². The van der Waals surface area contributed by atoms with Crippen LogP contribution >= 0.6 is 0 Å². The average Bonchev–Trinajstić information content (AvgIpc) is 2.58. The van der Waals surface area contributed by atoms with Gasteiger partial charge in [0, 0.05) is 6.54 Å². The fourth-order valence-corrected chi connectivity index (χ4v) is 5.40. The van der Waals surface area contributed by atoms with Crippen LogP contribution in [0, 0.1) is 35.4 Å². The van der Waals surface area contributed by atoms with Crippen LogP contribution < -0.4 is 5.32 Å². The number of rotatable bonds is 5. The molecule has 0 heterocycles. The Hall–Kier alpha value is -1.91. The van der Waals surface area contributed by atoms with Crippen molar-refractivity contribution in [3.8, 4) is 0 Å². The van der Waals surface area contributed by atoms with Gasteiger partial charge in [0.15, 0.2) is 6.61 Å². The third kappa shape index (κ3) is 3.55. The summed E-state index contributed by atoms with van der Waals surface area (Å²) in [6, 6.07) is 5.95. The van der Waals surface area contributed by atoms with Gasteiger partial charge in [-0.1, -0.05) is 12.1 Å². The molecule has 0 aromatic heterocycles. The number of benzene rings is 1. The van der Waals surface area contributed by atoms with Gasteiger partial charge >= 0.3 is 5.97 Å². The summed E-state index contributed by atoms with van der Waals surface area (Å²) in [6.07, 6.45) is 5.97. The van der Waals surface area contributed by atoms with Crippen molar-refractivity contribution >= 4 is 11.9 Å². The lowest BCUT2D eigenvalue weighted by molar-refractivity contribution is -0.164. The summed E-state index contributed by atoms with van der Waals surface area (Å²) in [5, 5.41) is 2.70. The summed E-state index contributed by atoms with van der Waals surface area (Å²) in [6.45, 7) is 0.0670. The zero-order valence-corrected chi connectivity index (χ0v) is 14.2. The lowest BCUT2D eigenvalue weighted by Crippen LogP contribution is -2.48. The number of hydrogen-bond acceptors (Lipinski definition) is 3. The maximum absolute atomic E-state index is 12.9. The molecule has 4 aliphatic carbocycles. The first-order valence-corrected chi connectivity index (χ1v) is 9.26. The van der Waals surface area contributed by atoms with Crippen LogP contribution in [0.2, 0.25) is 0 Å². The number of esters is 1. The highest BCUT2D eigenvalue weighted by atomic mass is 19.1. The largest absolute Gasteiger partial charge is 0.455 e. The van der Waals surface area contributed by atoms with Crippen molar-refractivity contribution in [3.63, 3.8) is 0 Å². The predicted molar refractivity (Wildman–Crippen MR) is 89.7 cm³/mol. The number of hydrogen-bond donors (Lipinski definition) is 1. The molecule has 4 fully saturated rings. The Kier molecular flexibility index (Phi) is 4.48. The van der Waals surface area contributed by atoms with E-state index in [1.54, 1.807) is 12.1 Å². The molecule has 4 bridgehead atoms. The fourth-order valence-electron chi connectivity index (χ4n) is 5.40. The minimum absolute atomic E-state index is 0.00213. The molecule has 0 aliphatic heterocycles. The Morgan fingerprint density at radius 2 is 1.60 bits per heavy atom. The number of halogens is 1. The van der Waals surface area contributed by atoms with E-state index in [2.05, 4.69) is 5.32 Å². The second kappa shape index (κ2) is 6.77. The molecule has 1 aromatic rings. The van der Waals surface area contributed by atoms with Crippen molar-refractivity contribution in [2.45, 2.75) is 38.6 Å². The van der Waals surface area contributed by atoms with Gasteiger partial charge in [-0.3, -0.25) is 9.59 Å². The molecule has 0 unspecified atom stereocenters. The van der Waals surface area contributed by atoms with Gasteiger partial charge in [-0.2, -0.15) is 0 Å². The van der Waals surface area contributed by atoms with Crippen LogP contribution in [0.25, 0.3) is 0 Å². The quantitative estimate of drug-likeness (QED) is 0.835. The Morgan fingerprint density at radius 1 is 1.00 bits per heavy atom. The van der Waals surface area contributed by atoms with E-state index >= 15 is 0 Å². The molecule has 0 saturated heterocycles. The van der Waals surface area contributed by atoms with Crippen LogP contribution in [0.1, 0.15) is 37.7 Å². The van der Waals surface area contributed by atoms with Gasteiger partial charge in [0.05, 0.1) is 5.92 Å². The second-order valence-electron chi connectivity index (χ2n) is 7.97. The molecule has 5 rings (SSSR count). The molecule has 134 valence electrons. The lowest BCUT2D eigenvalue weighted by atomic mass is 9.52. The number of amides is 1. The summed E-state index contributed by atoms with van der Waals surface area (Å²) in [7, 11) is 0. The van der Waals surface area contributed by atoms with Gasteiger partial charge in [-0.05, 0) is 73.5 Å². The first-order chi connectivity index (χ1) is 12.1. The topological polar surface area (TPSA) is 55.4 Å². The van der Waals surface area contributed by atoms with Crippen molar-refractivity contribution in [2.24, 2.45) is 29.6 Å². The molecule has 1 amide bonds. The SMILES string of the molecule is O=C(COC(=O)C1C2CC3CC(C2)CC1C3)NCc1ccc(F)cc1. The Morgan fingerprint density at radius 3 is 2.20 bits per heavy atom. The molecule has 0 spiro atoms. The van der Waals surface area contributed by atoms with Gasteiger partial charge in [0.1, 0.15) is 5.82 Å². The van der Waals surface area contributed by atoms with Gasteiger partial charge in [-0.15, -0.1) is 0 Å². The molecule has 1 N–H and O–H groups in total. The highest BCUT2D eigenvalue weighted by Gasteiger charge is 2.51. The number of ether oxygens (including phenoxy) is 1. The highest BCUT2D eigenvalue weighted by molar-refractivity contribution is 5.81. The monoisotopic (exact) mass is 345 g/mol. The maximum atomic E-state index is 12.9. The van der Waals surface area contributed by atoms with E-state index in [9.17, 15) is 14.0 Å². The molecular weight excluding hydrogens is 321 g/mol. The molecule has 5 heteroatoms. The van der Waals surface area contributed by atoms with E-state index in [0.717, 1.165) is 43.1 Å². The zero-order valence-electron chi connectivity index (χ0n) is 14.2. The minimum atomic E-state index is -0.318. The lowest BCUT2D eigenvalue weighted by Gasteiger charge is -2.53. The summed E-state index contributed by atoms with van der Waals surface area (Å²) >= 11 is 0. The first-order valence-electron chi connectivity index (χ1n) is 9.26. The van der Waals surface area contributed by atoms with Crippen LogP contribution in [0.5, 0.6) is 0 Å².